The van der Waals surface area contributed by atoms with Crippen molar-refractivity contribution in [3.8, 4) is 11.4 Å². The molecule has 0 saturated carbocycles. The van der Waals surface area contributed by atoms with Crippen LogP contribution in [0.5, 0.6) is 0 Å². The summed E-state index contributed by atoms with van der Waals surface area (Å²) >= 11 is 1.78. The van der Waals surface area contributed by atoms with Crippen LogP contribution in [0, 0.1) is 0 Å². The quantitative estimate of drug-likeness (QED) is 0.524. The van der Waals surface area contributed by atoms with E-state index in [1.807, 2.05) is 24.3 Å². The molecule has 1 aliphatic heterocycles. The van der Waals surface area contributed by atoms with Crippen molar-refractivity contribution in [1.29, 1.82) is 0 Å². The lowest BCUT2D eigenvalue weighted by Gasteiger charge is -2.27. The van der Waals surface area contributed by atoms with E-state index in [0.717, 1.165) is 36.3 Å². The van der Waals surface area contributed by atoms with Crippen LogP contribution in [0.15, 0.2) is 58.7 Å². The van der Waals surface area contributed by atoms with Gasteiger partial charge in [0.05, 0.1) is 11.3 Å². The SMILES string of the molecule is Nc1ccc(-c2nc3c(c(=O)[nH]2)CN(Cc2csc4ccccc24)CC3)cc1. The van der Waals surface area contributed by atoms with Gasteiger partial charge in [-0.3, -0.25) is 9.69 Å². The van der Waals surface area contributed by atoms with E-state index in [1.54, 1.807) is 11.3 Å². The molecule has 0 atom stereocenters. The van der Waals surface area contributed by atoms with Crippen LogP contribution >= 0.6 is 11.3 Å². The van der Waals surface area contributed by atoms with Crippen molar-refractivity contribution < 1.29 is 0 Å². The first kappa shape index (κ1) is 17.2. The Balaban J connectivity index is 1.41. The number of nitrogens with one attached hydrogen (secondary N) is 1. The number of nitrogens with zero attached hydrogens (tertiary/aromatic N) is 2. The summed E-state index contributed by atoms with van der Waals surface area (Å²) in [5, 5.41) is 3.54. The number of thiophene rings is 1. The molecule has 28 heavy (non-hydrogen) atoms. The maximum absolute atomic E-state index is 12.7. The minimum atomic E-state index is -0.0447. The van der Waals surface area contributed by atoms with Crippen LogP contribution in [0.3, 0.4) is 0 Å². The lowest BCUT2D eigenvalue weighted by atomic mass is 10.0. The predicted octanol–water partition coefficient (Wildman–Crippen LogP) is 3.79. The Labute approximate surface area is 166 Å². The molecule has 3 N–H and O–H groups in total. The number of aromatic nitrogens is 2. The highest BCUT2D eigenvalue weighted by Gasteiger charge is 2.22. The number of rotatable bonds is 3. The number of hydrogen-bond acceptors (Lipinski definition) is 5. The third-order valence-electron chi connectivity index (χ3n) is 5.29. The third-order valence-corrected chi connectivity index (χ3v) is 6.30. The maximum atomic E-state index is 12.7. The van der Waals surface area contributed by atoms with E-state index >= 15 is 0 Å². The number of benzene rings is 2. The molecule has 5 nitrogen and oxygen atoms in total. The molecule has 0 fully saturated rings. The molecule has 2 aromatic carbocycles. The second-order valence-corrected chi connectivity index (χ2v) is 8.09. The number of hydrogen-bond donors (Lipinski definition) is 2. The predicted molar refractivity (Wildman–Crippen MR) is 114 cm³/mol. The minimum Gasteiger partial charge on any atom is -0.399 e. The Morgan fingerprint density at radius 1 is 1.14 bits per heavy atom. The van der Waals surface area contributed by atoms with E-state index in [2.05, 4.69) is 39.5 Å². The molecule has 3 heterocycles. The summed E-state index contributed by atoms with van der Waals surface area (Å²) in [5.74, 6) is 0.612. The smallest absolute Gasteiger partial charge is 0.255 e. The van der Waals surface area contributed by atoms with E-state index in [1.165, 1.54) is 15.6 Å². The van der Waals surface area contributed by atoms with Gasteiger partial charge in [-0.2, -0.15) is 0 Å². The summed E-state index contributed by atoms with van der Waals surface area (Å²) in [5.41, 5.74) is 10.3. The van der Waals surface area contributed by atoms with Gasteiger partial charge in [0.25, 0.3) is 5.56 Å². The number of nitrogen functional groups attached to an aromatic ring is 1. The van der Waals surface area contributed by atoms with Crippen LogP contribution in [0.2, 0.25) is 0 Å². The summed E-state index contributed by atoms with van der Waals surface area (Å²) in [6, 6.07) is 15.9. The van der Waals surface area contributed by atoms with Gasteiger partial charge >= 0.3 is 0 Å². The second-order valence-electron chi connectivity index (χ2n) is 7.18. The number of nitrogens with two attached hydrogens (primary N) is 1. The molecule has 6 heteroatoms. The Hall–Kier alpha value is -2.96. The number of fused-ring (bicyclic) bond motifs is 2. The van der Waals surface area contributed by atoms with Crippen LogP contribution in [-0.4, -0.2) is 21.4 Å². The van der Waals surface area contributed by atoms with Crippen molar-refractivity contribution in [2.75, 3.05) is 12.3 Å². The topological polar surface area (TPSA) is 75.0 Å². The number of aromatic amines is 1. The molecule has 2 aromatic heterocycles. The summed E-state index contributed by atoms with van der Waals surface area (Å²) < 4.78 is 1.31. The Bertz CT molecular complexity index is 1210. The first-order valence-electron chi connectivity index (χ1n) is 9.33. The van der Waals surface area contributed by atoms with Gasteiger partial charge in [0.15, 0.2) is 0 Å². The molecule has 4 aromatic rings. The van der Waals surface area contributed by atoms with Crippen molar-refractivity contribution in [3.05, 3.63) is 81.1 Å². The highest BCUT2D eigenvalue weighted by Crippen LogP contribution is 2.28. The van der Waals surface area contributed by atoms with Crippen molar-refractivity contribution >= 4 is 27.1 Å². The summed E-state index contributed by atoms with van der Waals surface area (Å²) in [7, 11) is 0. The molecule has 0 unspecified atom stereocenters. The van der Waals surface area contributed by atoms with E-state index < -0.39 is 0 Å². The van der Waals surface area contributed by atoms with Gasteiger partial charge in [0.1, 0.15) is 5.82 Å². The van der Waals surface area contributed by atoms with Crippen LogP contribution in [0.1, 0.15) is 16.8 Å². The summed E-state index contributed by atoms with van der Waals surface area (Å²) in [6.07, 6.45) is 0.781. The monoisotopic (exact) mass is 388 g/mol. The summed E-state index contributed by atoms with van der Waals surface area (Å²) in [6.45, 7) is 2.38. The first-order valence-corrected chi connectivity index (χ1v) is 10.2. The fourth-order valence-electron chi connectivity index (χ4n) is 3.79. The number of H-pyrrole nitrogens is 1. The lowest BCUT2D eigenvalue weighted by Crippen LogP contribution is -2.35. The highest BCUT2D eigenvalue weighted by molar-refractivity contribution is 7.17. The van der Waals surface area contributed by atoms with E-state index in [-0.39, 0.29) is 5.56 Å². The van der Waals surface area contributed by atoms with Crippen molar-refractivity contribution in [1.82, 2.24) is 14.9 Å². The van der Waals surface area contributed by atoms with Crippen LogP contribution in [-0.2, 0) is 19.5 Å². The Kier molecular flexibility index (Phi) is 4.22. The molecule has 5 rings (SSSR count). The minimum absolute atomic E-state index is 0.0447. The van der Waals surface area contributed by atoms with Gasteiger partial charge in [-0.25, -0.2) is 4.98 Å². The van der Waals surface area contributed by atoms with Gasteiger partial charge in [0, 0.05) is 42.0 Å². The third kappa shape index (κ3) is 3.10. The van der Waals surface area contributed by atoms with Gasteiger partial charge in [-0.15, -0.1) is 11.3 Å². The molecule has 0 spiro atoms. The molecular formula is C22H20N4OS. The second kappa shape index (κ2) is 6.89. The normalized spacial score (nSPS) is 14.3. The van der Waals surface area contributed by atoms with E-state index in [9.17, 15) is 4.79 Å². The molecule has 140 valence electrons. The zero-order chi connectivity index (χ0) is 19.1. The van der Waals surface area contributed by atoms with Crippen LogP contribution < -0.4 is 11.3 Å². The molecule has 0 amide bonds. The fraction of sp³-hybridized carbons (Fsp3) is 0.182. The van der Waals surface area contributed by atoms with Gasteiger partial charge < -0.3 is 10.7 Å². The standard InChI is InChI=1S/C22H20N4OS/c23-16-7-5-14(6-8-16)21-24-19-9-10-26(12-18(19)22(27)25-21)11-15-13-28-20-4-2-1-3-17(15)20/h1-8,13H,9-12,23H2,(H,24,25,27). The first-order chi connectivity index (χ1) is 13.7. The largest absolute Gasteiger partial charge is 0.399 e. The molecule has 0 aliphatic carbocycles. The van der Waals surface area contributed by atoms with Crippen LogP contribution in [0.25, 0.3) is 21.5 Å². The van der Waals surface area contributed by atoms with Gasteiger partial charge in [-0.1, -0.05) is 18.2 Å². The average Bonchev–Trinajstić information content (AvgIpc) is 3.12. The Morgan fingerprint density at radius 2 is 1.96 bits per heavy atom. The van der Waals surface area contributed by atoms with Crippen molar-refractivity contribution in [2.45, 2.75) is 19.5 Å². The zero-order valence-corrected chi connectivity index (χ0v) is 16.1. The molecule has 0 saturated heterocycles. The Morgan fingerprint density at radius 3 is 2.82 bits per heavy atom. The van der Waals surface area contributed by atoms with E-state index in [0.29, 0.717) is 18.1 Å². The van der Waals surface area contributed by atoms with Crippen molar-refractivity contribution in [3.63, 3.8) is 0 Å². The molecule has 0 radical (unpaired) electrons. The lowest BCUT2D eigenvalue weighted by molar-refractivity contribution is 0.243. The average molecular weight is 388 g/mol. The zero-order valence-electron chi connectivity index (χ0n) is 15.3. The molecular weight excluding hydrogens is 368 g/mol. The number of anilines is 1. The maximum Gasteiger partial charge on any atom is 0.255 e. The van der Waals surface area contributed by atoms with Gasteiger partial charge in [0.2, 0.25) is 0 Å². The van der Waals surface area contributed by atoms with E-state index in [4.69, 9.17) is 10.7 Å². The van der Waals surface area contributed by atoms with Crippen LogP contribution in [0.4, 0.5) is 5.69 Å². The molecule has 0 bridgehead atoms. The molecule has 1 aliphatic rings. The summed E-state index contributed by atoms with van der Waals surface area (Å²) in [4.78, 5) is 22.8. The highest BCUT2D eigenvalue weighted by atomic mass is 32.1. The fourth-order valence-corrected chi connectivity index (χ4v) is 4.74. The van der Waals surface area contributed by atoms with Crippen molar-refractivity contribution in [2.24, 2.45) is 0 Å². The van der Waals surface area contributed by atoms with Gasteiger partial charge in [-0.05, 0) is 46.7 Å².